The third kappa shape index (κ3) is 3.99. The van der Waals surface area contributed by atoms with Gasteiger partial charge in [0.1, 0.15) is 17.2 Å². The second-order valence-corrected chi connectivity index (χ2v) is 5.23. The highest BCUT2D eigenvalue weighted by atomic mass is 79.9. The fraction of sp³-hybridized carbons (Fsp3) is 0.250. The minimum absolute atomic E-state index is 0.504. The molecule has 0 radical (unpaired) electrons. The van der Waals surface area contributed by atoms with Crippen LogP contribution in [0.2, 0.25) is 0 Å². The van der Waals surface area contributed by atoms with Crippen LogP contribution in [0.15, 0.2) is 46.9 Å². The molecule has 0 fully saturated rings. The molecule has 0 aliphatic rings. The molecule has 2 aromatic rings. The van der Waals surface area contributed by atoms with Crippen molar-refractivity contribution in [2.75, 3.05) is 6.61 Å². The van der Waals surface area contributed by atoms with Crippen molar-refractivity contribution in [3.8, 4) is 17.2 Å². The summed E-state index contributed by atoms with van der Waals surface area (Å²) < 4.78 is 12.3. The number of benzene rings is 2. The van der Waals surface area contributed by atoms with E-state index in [9.17, 15) is 0 Å². The highest BCUT2D eigenvalue weighted by molar-refractivity contribution is 9.10. The SMILES string of the molecule is CCCOc1ccc(Oc2ccc(CN)c(Br)c2)cc1. The lowest BCUT2D eigenvalue weighted by molar-refractivity contribution is 0.317. The minimum atomic E-state index is 0.504. The van der Waals surface area contributed by atoms with Gasteiger partial charge in [-0.15, -0.1) is 0 Å². The molecule has 20 heavy (non-hydrogen) atoms. The van der Waals surface area contributed by atoms with Gasteiger partial charge >= 0.3 is 0 Å². The molecule has 0 aliphatic carbocycles. The van der Waals surface area contributed by atoms with E-state index in [4.69, 9.17) is 15.2 Å². The van der Waals surface area contributed by atoms with Crippen LogP contribution in [0.4, 0.5) is 0 Å². The highest BCUT2D eigenvalue weighted by Crippen LogP contribution is 2.28. The van der Waals surface area contributed by atoms with Crippen LogP contribution in [0.25, 0.3) is 0 Å². The molecule has 0 atom stereocenters. The zero-order chi connectivity index (χ0) is 14.4. The first-order valence-electron chi connectivity index (χ1n) is 6.62. The van der Waals surface area contributed by atoms with Crippen molar-refractivity contribution in [1.82, 2.24) is 0 Å². The zero-order valence-corrected chi connectivity index (χ0v) is 13.0. The fourth-order valence-corrected chi connectivity index (χ4v) is 2.24. The zero-order valence-electron chi connectivity index (χ0n) is 11.4. The number of rotatable bonds is 6. The Balaban J connectivity index is 2.04. The lowest BCUT2D eigenvalue weighted by atomic mass is 10.2. The molecular weight excluding hydrogens is 318 g/mol. The van der Waals surface area contributed by atoms with E-state index in [1.54, 1.807) is 0 Å². The second kappa shape index (κ2) is 7.31. The summed E-state index contributed by atoms with van der Waals surface area (Å²) in [6, 6.07) is 13.4. The predicted molar refractivity (Wildman–Crippen MR) is 84.3 cm³/mol. The fourth-order valence-electron chi connectivity index (χ4n) is 1.72. The van der Waals surface area contributed by atoms with Gasteiger partial charge in [-0.3, -0.25) is 0 Å². The normalized spacial score (nSPS) is 10.3. The van der Waals surface area contributed by atoms with E-state index in [0.29, 0.717) is 6.54 Å². The van der Waals surface area contributed by atoms with Crippen LogP contribution < -0.4 is 15.2 Å². The molecule has 0 aromatic heterocycles. The van der Waals surface area contributed by atoms with Gasteiger partial charge in [0.2, 0.25) is 0 Å². The average Bonchev–Trinajstić information content (AvgIpc) is 2.47. The molecule has 0 aliphatic heterocycles. The van der Waals surface area contributed by atoms with Crippen LogP contribution in [-0.4, -0.2) is 6.61 Å². The summed E-state index contributed by atoms with van der Waals surface area (Å²) in [4.78, 5) is 0. The van der Waals surface area contributed by atoms with Gasteiger partial charge in [0, 0.05) is 11.0 Å². The Kier molecular flexibility index (Phi) is 5.44. The number of ether oxygens (including phenoxy) is 2. The van der Waals surface area contributed by atoms with Crippen LogP contribution in [0.3, 0.4) is 0 Å². The van der Waals surface area contributed by atoms with Crippen molar-refractivity contribution >= 4 is 15.9 Å². The van der Waals surface area contributed by atoms with Crippen LogP contribution >= 0.6 is 15.9 Å². The van der Waals surface area contributed by atoms with E-state index >= 15 is 0 Å². The van der Waals surface area contributed by atoms with Gasteiger partial charge in [-0.1, -0.05) is 28.9 Å². The maximum Gasteiger partial charge on any atom is 0.128 e. The van der Waals surface area contributed by atoms with Crippen molar-refractivity contribution in [3.63, 3.8) is 0 Å². The van der Waals surface area contributed by atoms with Crippen molar-refractivity contribution in [1.29, 1.82) is 0 Å². The Morgan fingerprint density at radius 3 is 2.25 bits per heavy atom. The summed E-state index contributed by atoms with van der Waals surface area (Å²) in [5, 5.41) is 0. The van der Waals surface area contributed by atoms with Gasteiger partial charge < -0.3 is 15.2 Å². The molecule has 0 saturated carbocycles. The molecule has 0 amide bonds. The topological polar surface area (TPSA) is 44.5 Å². The van der Waals surface area contributed by atoms with Crippen molar-refractivity contribution in [3.05, 3.63) is 52.5 Å². The van der Waals surface area contributed by atoms with Gasteiger partial charge in [-0.05, 0) is 48.4 Å². The van der Waals surface area contributed by atoms with Gasteiger partial charge in [0.15, 0.2) is 0 Å². The Bertz CT molecular complexity index is 555. The van der Waals surface area contributed by atoms with Crippen LogP contribution in [0, 0.1) is 0 Å². The molecule has 0 saturated heterocycles. The first kappa shape index (κ1) is 14.9. The molecule has 2 aromatic carbocycles. The van der Waals surface area contributed by atoms with E-state index in [1.807, 2.05) is 42.5 Å². The molecular formula is C16H18BrNO2. The average molecular weight is 336 g/mol. The molecule has 0 bridgehead atoms. The summed E-state index contributed by atoms with van der Waals surface area (Å²) >= 11 is 3.48. The Labute approximate surface area is 127 Å². The molecule has 4 heteroatoms. The monoisotopic (exact) mass is 335 g/mol. The van der Waals surface area contributed by atoms with Gasteiger partial charge in [0.05, 0.1) is 6.61 Å². The minimum Gasteiger partial charge on any atom is -0.494 e. The second-order valence-electron chi connectivity index (χ2n) is 4.38. The van der Waals surface area contributed by atoms with E-state index in [0.717, 1.165) is 40.3 Å². The maximum absolute atomic E-state index is 5.79. The summed E-state index contributed by atoms with van der Waals surface area (Å²) in [5.41, 5.74) is 6.68. The molecule has 2 N–H and O–H groups in total. The number of nitrogens with two attached hydrogens (primary N) is 1. The summed E-state index contributed by atoms with van der Waals surface area (Å²) in [7, 11) is 0. The molecule has 0 spiro atoms. The maximum atomic E-state index is 5.79. The molecule has 0 heterocycles. The van der Waals surface area contributed by atoms with Gasteiger partial charge in [-0.25, -0.2) is 0 Å². The van der Waals surface area contributed by atoms with Crippen molar-refractivity contribution < 1.29 is 9.47 Å². The predicted octanol–water partition coefficient (Wildman–Crippen LogP) is 4.49. The number of hydrogen-bond donors (Lipinski definition) is 1. The Morgan fingerprint density at radius 2 is 1.65 bits per heavy atom. The van der Waals surface area contributed by atoms with Crippen LogP contribution in [-0.2, 0) is 6.54 Å². The molecule has 2 rings (SSSR count). The molecule has 0 unspecified atom stereocenters. The number of hydrogen-bond acceptors (Lipinski definition) is 3. The summed E-state index contributed by atoms with van der Waals surface area (Å²) in [6.07, 6.45) is 1.000. The quantitative estimate of drug-likeness (QED) is 0.845. The van der Waals surface area contributed by atoms with E-state index in [2.05, 4.69) is 22.9 Å². The smallest absolute Gasteiger partial charge is 0.128 e. The van der Waals surface area contributed by atoms with E-state index < -0.39 is 0 Å². The van der Waals surface area contributed by atoms with Crippen molar-refractivity contribution in [2.24, 2.45) is 5.73 Å². The summed E-state index contributed by atoms with van der Waals surface area (Å²) in [5.74, 6) is 2.41. The molecule has 106 valence electrons. The summed E-state index contributed by atoms with van der Waals surface area (Å²) in [6.45, 7) is 3.32. The first-order valence-corrected chi connectivity index (χ1v) is 7.41. The molecule has 3 nitrogen and oxygen atoms in total. The largest absolute Gasteiger partial charge is 0.494 e. The Hall–Kier alpha value is -1.52. The highest BCUT2D eigenvalue weighted by Gasteiger charge is 2.02. The van der Waals surface area contributed by atoms with Gasteiger partial charge in [-0.2, -0.15) is 0 Å². The first-order chi connectivity index (χ1) is 9.72. The number of halogens is 1. The van der Waals surface area contributed by atoms with Gasteiger partial charge in [0.25, 0.3) is 0 Å². The lowest BCUT2D eigenvalue weighted by Crippen LogP contribution is -1.97. The van der Waals surface area contributed by atoms with E-state index in [1.165, 1.54) is 0 Å². The standard InChI is InChI=1S/C16H18BrNO2/c1-2-9-19-13-5-7-14(8-6-13)20-15-4-3-12(11-18)16(17)10-15/h3-8,10H,2,9,11,18H2,1H3. The van der Waals surface area contributed by atoms with E-state index in [-0.39, 0.29) is 0 Å². The lowest BCUT2D eigenvalue weighted by Gasteiger charge is -2.09. The Morgan fingerprint density at radius 1 is 1.00 bits per heavy atom. The third-order valence-corrected chi connectivity index (χ3v) is 3.51. The third-order valence-electron chi connectivity index (χ3n) is 2.78. The van der Waals surface area contributed by atoms with Crippen molar-refractivity contribution in [2.45, 2.75) is 19.9 Å². The van der Waals surface area contributed by atoms with Crippen LogP contribution in [0.5, 0.6) is 17.2 Å². The van der Waals surface area contributed by atoms with Crippen LogP contribution in [0.1, 0.15) is 18.9 Å².